The summed E-state index contributed by atoms with van der Waals surface area (Å²) in [6.07, 6.45) is 5.68. The second-order valence-corrected chi connectivity index (χ2v) is 8.34. The van der Waals surface area contributed by atoms with E-state index in [0.29, 0.717) is 6.42 Å². The number of rotatable bonds is 6. The Morgan fingerprint density at radius 1 is 0.848 bits per heavy atom. The Labute approximate surface area is 193 Å². The molecular formula is C30H25NO2. The van der Waals surface area contributed by atoms with Gasteiger partial charge in [0.1, 0.15) is 5.69 Å². The van der Waals surface area contributed by atoms with Gasteiger partial charge in [-0.3, -0.25) is 0 Å². The lowest BCUT2D eigenvalue weighted by atomic mass is 9.97. The number of H-pyrrole nitrogens is 1. The van der Waals surface area contributed by atoms with Crippen LogP contribution in [0.15, 0.2) is 91.0 Å². The minimum absolute atomic E-state index is 0.282. The standard InChI is InChI=1S/C30H25NO2/c1-20-10-2-5-15-23(20)25-18-9-19-26-27(29(30(32)33)31-28(25)26)17-7-4-12-22-14-8-13-21-11-3-6-16-24(21)22/h2-6,8-16,18-19,31H,7,17H2,1H3,(H,32,33)/b12-4+. The number of allylic oxidation sites excluding steroid dienone is 1. The summed E-state index contributed by atoms with van der Waals surface area (Å²) in [5, 5.41) is 13.3. The highest BCUT2D eigenvalue weighted by Gasteiger charge is 2.19. The molecule has 0 amide bonds. The molecule has 33 heavy (non-hydrogen) atoms. The zero-order valence-corrected chi connectivity index (χ0v) is 18.5. The van der Waals surface area contributed by atoms with Crippen LogP contribution in [0.5, 0.6) is 0 Å². The molecule has 0 bridgehead atoms. The Morgan fingerprint density at radius 2 is 1.55 bits per heavy atom. The molecule has 0 saturated carbocycles. The predicted octanol–water partition coefficient (Wildman–Crippen LogP) is 7.64. The number of hydrogen-bond acceptors (Lipinski definition) is 1. The van der Waals surface area contributed by atoms with Crippen molar-refractivity contribution in [3.05, 3.63) is 113 Å². The van der Waals surface area contributed by atoms with E-state index in [1.807, 2.05) is 30.3 Å². The van der Waals surface area contributed by atoms with E-state index in [1.165, 1.54) is 16.3 Å². The van der Waals surface area contributed by atoms with Crippen LogP contribution in [0.25, 0.3) is 38.9 Å². The second-order valence-electron chi connectivity index (χ2n) is 8.34. The third-order valence-electron chi connectivity index (χ3n) is 6.27. The van der Waals surface area contributed by atoms with Gasteiger partial charge < -0.3 is 10.1 Å². The molecule has 0 unspecified atom stereocenters. The second kappa shape index (κ2) is 8.79. The van der Waals surface area contributed by atoms with E-state index < -0.39 is 5.97 Å². The van der Waals surface area contributed by atoms with Gasteiger partial charge in [0.05, 0.1) is 5.52 Å². The fourth-order valence-corrected chi connectivity index (χ4v) is 4.65. The van der Waals surface area contributed by atoms with Gasteiger partial charge in [0.2, 0.25) is 0 Å². The molecule has 1 aromatic heterocycles. The number of aryl methyl sites for hydroxylation is 2. The van der Waals surface area contributed by atoms with Gasteiger partial charge in [0.15, 0.2) is 0 Å². The first kappa shape index (κ1) is 20.8. The van der Waals surface area contributed by atoms with Crippen LogP contribution in [0.2, 0.25) is 0 Å². The summed E-state index contributed by atoms with van der Waals surface area (Å²) >= 11 is 0. The first-order valence-electron chi connectivity index (χ1n) is 11.2. The lowest BCUT2D eigenvalue weighted by Crippen LogP contribution is -2.01. The average molecular weight is 432 g/mol. The molecule has 0 aliphatic heterocycles. The fraction of sp³-hybridized carbons (Fsp3) is 0.100. The van der Waals surface area contributed by atoms with Crippen molar-refractivity contribution < 1.29 is 9.90 Å². The van der Waals surface area contributed by atoms with Crippen molar-refractivity contribution >= 4 is 33.7 Å². The normalized spacial score (nSPS) is 11.5. The van der Waals surface area contributed by atoms with Gasteiger partial charge >= 0.3 is 5.97 Å². The number of para-hydroxylation sites is 1. The van der Waals surface area contributed by atoms with Gasteiger partial charge in [-0.1, -0.05) is 97.1 Å². The topological polar surface area (TPSA) is 53.1 Å². The van der Waals surface area contributed by atoms with E-state index in [-0.39, 0.29) is 5.69 Å². The third-order valence-corrected chi connectivity index (χ3v) is 6.27. The summed E-state index contributed by atoms with van der Waals surface area (Å²) in [7, 11) is 0. The highest BCUT2D eigenvalue weighted by Crippen LogP contribution is 2.34. The van der Waals surface area contributed by atoms with Crippen LogP contribution >= 0.6 is 0 Å². The first-order chi connectivity index (χ1) is 16.1. The average Bonchev–Trinajstić information content (AvgIpc) is 3.21. The number of carboxylic acids is 1. The van der Waals surface area contributed by atoms with Crippen LogP contribution in [0.1, 0.15) is 33.6 Å². The maximum Gasteiger partial charge on any atom is 0.352 e. The van der Waals surface area contributed by atoms with Gasteiger partial charge in [-0.2, -0.15) is 0 Å². The van der Waals surface area contributed by atoms with Crippen molar-refractivity contribution in [2.45, 2.75) is 19.8 Å². The van der Waals surface area contributed by atoms with Crippen molar-refractivity contribution in [2.75, 3.05) is 0 Å². The Hall–Kier alpha value is -4.11. The molecule has 0 spiro atoms. The van der Waals surface area contributed by atoms with Crippen LogP contribution in [0.4, 0.5) is 0 Å². The summed E-state index contributed by atoms with van der Waals surface area (Å²) in [6.45, 7) is 2.08. The molecule has 0 aliphatic carbocycles. The van der Waals surface area contributed by atoms with Crippen LogP contribution in [0, 0.1) is 6.92 Å². The molecule has 3 heteroatoms. The van der Waals surface area contributed by atoms with E-state index in [2.05, 4.69) is 78.7 Å². The number of aromatic nitrogens is 1. The van der Waals surface area contributed by atoms with Crippen LogP contribution in [-0.2, 0) is 6.42 Å². The molecule has 0 radical (unpaired) electrons. The molecule has 0 saturated heterocycles. The zero-order valence-electron chi connectivity index (χ0n) is 18.5. The highest BCUT2D eigenvalue weighted by molar-refractivity contribution is 6.03. The molecule has 0 atom stereocenters. The maximum atomic E-state index is 12.1. The zero-order chi connectivity index (χ0) is 22.8. The van der Waals surface area contributed by atoms with Crippen LogP contribution in [0.3, 0.4) is 0 Å². The highest BCUT2D eigenvalue weighted by atomic mass is 16.4. The molecule has 0 fully saturated rings. The summed E-state index contributed by atoms with van der Waals surface area (Å²) in [4.78, 5) is 15.3. The minimum Gasteiger partial charge on any atom is -0.477 e. The number of carboxylic acid groups (broad SMARTS) is 1. The monoisotopic (exact) mass is 431 g/mol. The first-order valence-corrected chi connectivity index (χ1v) is 11.2. The molecule has 4 aromatic carbocycles. The van der Waals surface area contributed by atoms with E-state index in [9.17, 15) is 9.90 Å². The maximum absolute atomic E-state index is 12.1. The molecule has 5 rings (SSSR count). The molecule has 5 aromatic rings. The van der Waals surface area contributed by atoms with Gasteiger partial charge in [-0.25, -0.2) is 4.79 Å². The van der Waals surface area contributed by atoms with Crippen LogP contribution < -0.4 is 0 Å². The lowest BCUT2D eigenvalue weighted by molar-refractivity contribution is 0.0690. The Bertz CT molecular complexity index is 1500. The Balaban J connectivity index is 1.48. The number of hydrogen-bond donors (Lipinski definition) is 2. The molecule has 162 valence electrons. The summed E-state index contributed by atoms with van der Waals surface area (Å²) in [5.41, 5.74) is 6.51. The number of aromatic carboxylic acids is 1. The van der Waals surface area contributed by atoms with Crippen molar-refractivity contribution in [1.29, 1.82) is 0 Å². The summed E-state index contributed by atoms with van der Waals surface area (Å²) in [5.74, 6) is -0.921. The minimum atomic E-state index is -0.921. The number of fused-ring (bicyclic) bond motifs is 2. The molecule has 0 aliphatic rings. The van der Waals surface area contributed by atoms with Crippen molar-refractivity contribution in [3.8, 4) is 11.1 Å². The van der Waals surface area contributed by atoms with Crippen molar-refractivity contribution in [2.24, 2.45) is 0 Å². The van der Waals surface area contributed by atoms with Gasteiger partial charge in [-0.15, -0.1) is 0 Å². The number of aromatic amines is 1. The third kappa shape index (κ3) is 3.94. The number of nitrogens with one attached hydrogen (secondary N) is 1. The van der Waals surface area contributed by atoms with E-state index in [0.717, 1.165) is 39.6 Å². The quantitative estimate of drug-likeness (QED) is 0.290. The lowest BCUT2D eigenvalue weighted by Gasteiger charge is -2.07. The van der Waals surface area contributed by atoms with Crippen molar-refractivity contribution in [3.63, 3.8) is 0 Å². The largest absolute Gasteiger partial charge is 0.477 e. The number of benzene rings is 4. The summed E-state index contributed by atoms with van der Waals surface area (Å²) < 4.78 is 0. The van der Waals surface area contributed by atoms with Crippen molar-refractivity contribution in [1.82, 2.24) is 4.98 Å². The smallest absolute Gasteiger partial charge is 0.352 e. The summed E-state index contributed by atoms with van der Waals surface area (Å²) in [6, 6.07) is 28.9. The SMILES string of the molecule is Cc1ccccc1-c1cccc2c(CC/C=C/c3cccc4ccccc34)c(C(=O)O)[nH]c12. The molecule has 1 heterocycles. The van der Waals surface area contributed by atoms with Gasteiger partial charge in [-0.05, 0) is 52.8 Å². The number of carbonyl (C=O) groups is 1. The Kier molecular flexibility index (Phi) is 5.54. The van der Waals surface area contributed by atoms with Gasteiger partial charge in [0, 0.05) is 10.9 Å². The molecular weight excluding hydrogens is 406 g/mol. The van der Waals surface area contributed by atoms with Gasteiger partial charge in [0.25, 0.3) is 0 Å². The van der Waals surface area contributed by atoms with Crippen LogP contribution in [-0.4, -0.2) is 16.1 Å². The fourth-order valence-electron chi connectivity index (χ4n) is 4.65. The predicted molar refractivity (Wildman–Crippen MR) is 137 cm³/mol. The van der Waals surface area contributed by atoms with E-state index in [4.69, 9.17) is 0 Å². The van der Waals surface area contributed by atoms with E-state index in [1.54, 1.807) is 0 Å². The Morgan fingerprint density at radius 3 is 2.39 bits per heavy atom. The van der Waals surface area contributed by atoms with E-state index >= 15 is 0 Å². The molecule has 3 nitrogen and oxygen atoms in total. The molecule has 2 N–H and O–H groups in total.